The number of hydrogen-bond acceptors (Lipinski definition) is 9. The maximum absolute atomic E-state index is 16.2. The maximum Gasteiger partial charge on any atom is 0.407 e. The van der Waals surface area contributed by atoms with Crippen LogP contribution >= 0.6 is 11.6 Å². The molecule has 328 valence electrons. The molecule has 3 aliphatic heterocycles. The van der Waals surface area contributed by atoms with E-state index in [0.29, 0.717) is 24.9 Å². The van der Waals surface area contributed by atoms with Crippen molar-refractivity contribution < 1.29 is 45.6 Å². The van der Waals surface area contributed by atoms with E-state index in [0.717, 1.165) is 19.4 Å². The van der Waals surface area contributed by atoms with Crippen molar-refractivity contribution in [3.63, 3.8) is 0 Å². The van der Waals surface area contributed by atoms with Gasteiger partial charge < -0.3 is 35.4 Å². The molecule has 2 aromatic rings. The van der Waals surface area contributed by atoms with Crippen LogP contribution in [0.2, 0.25) is 5.15 Å². The number of aromatic nitrogens is 1. The maximum atomic E-state index is 16.2. The SMILES string of the molecule is CC(C)(C)OC(=O)N[C@@H]1CC(=O)N(c2ccc(S(=O)(=O)N3CCN(c4cc(C(F)(F)[C@H]5CC[C@H](NC(=O)[C@@H]6CC7(CC7)C[N+]6(C)CC(N)=O)CC5)cc(Cl)n4)CC3)cc2)C1. The summed E-state index contributed by atoms with van der Waals surface area (Å²) in [5.41, 5.74) is 5.18. The number of halogens is 3. The van der Waals surface area contributed by atoms with Gasteiger partial charge in [0.25, 0.3) is 17.7 Å². The van der Waals surface area contributed by atoms with Crippen molar-refractivity contribution in [2.45, 2.75) is 107 Å². The number of ether oxygens (including phenoxy) is 1. The van der Waals surface area contributed by atoms with Crippen molar-refractivity contribution in [1.29, 1.82) is 0 Å². The van der Waals surface area contributed by atoms with E-state index in [1.807, 2.05) is 7.05 Å². The summed E-state index contributed by atoms with van der Waals surface area (Å²) in [5.74, 6) is -4.80. The Balaban J connectivity index is 0.922. The Morgan fingerprint density at radius 3 is 2.25 bits per heavy atom. The fraction of sp³-hybridized carbons (Fsp3) is 0.634. The number of nitrogens with two attached hydrogens (primary N) is 1. The first-order valence-corrected chi connectivity index (χ1v) is 22.5. The van der Waals surface area contributed by atoms with Gasteiger partial charge in [0.2, 0.25) is 15.9 Å². The van der Waals surface area contributed by atoms with Gasteiger partial charge in [-0.2, -0.15) is 4.31 Å². The van der Waals surface area contributed by atoms with E-state index in [1.54, 1.807) is 37.8 Å². The number of nitrogens with zero attached hydrogens (tertiary/aromatic N) is 5. The quantitative estimate of drug-likeness (QED) is 0.221. The number of piperazine rings is 1. The molecule has 5 aliphatic rings. The number of benzene rings is 1. The van der Waals surface area contributed by atoms with Crippen LogP contribution in [0.1, 0.15) is 77.7 Å². The lowest BCUT2D eigenvalue weighted by Gasteiger charge is -2.37. The van der Waals surface area contributed by atoms with Crippen LogP contribution in [0, 0.1) is 11.3 Å². The monoisotopic (exact) mass is 877 g/mol. The van der Waals surface area contributed by atoms with Crippen LogP contribution < -0.4 is 26.2 Å². The van der Waals surface area contributed by atoms with Crippen molar-refractivity contribution in [1.82, 2.24) is 19.9 Å². The third kappa shape index (κ3) is 9.50. The van der Waals surface area contributed by atoms with E-state index >= 15 is 8.78 Å². The summed E-state index contributed by atoms with van der Waals surface area (Å²) >= 11 is 6.34. The average Bonchev–Trinajstić information content (AvgIpc) is 3.72. The fourth-order valence-electron chi connectivity index (χ4n) is 9.61. The Morgan fingerprint density at radius 1 is 1.00 bits per heavy atom. The van der Waals surface area contributed by atoms with Crippen LogP contribution in [-0.2, 0) is 35.1 Å². The molecule has 0 bridgehead atoms. The number of pyridine rings is 1. The Kier molecular flexibility index (Phi) is 11.9. The molecule has 4 heterocycles. The number of carbonyl (C=O) groups excluding carboxylic acids is 4. The van der Waals surface area contributed by atoms with Crippen molar-refractivity contribution in [3.05, 3.63) is 47.1 Å². The number of likely N-dealkylation sites (tertiary alicyclic amines) is 1. The van der Waals surface area contributed by atoms with E-state index in [1.165, 1.54) is 33.5 Å². The summed E-state index contributed by atoms with van der Waals surface area (Å²) < 4.78 is 66.7. The molecule has 2 saturated carbocycles. The lowest BCUT2D eigenvalue weighted by Crippen LogP contribution is -2.59. The lowest BCUT2D eigenvalue weighted by atomic mass is 9.80. The van der Waals surface area contributed by atoms with Gasteiger partial charge in [-0.25, -0.2) is 27.0 Å². The van der Waals surface area contributed by atoms with Crippen molar-refractivity contribution in [3.8, 4) is 0 Å². The van der Waals surface area contributed by atoms with Crippen LogP contribution in [0.4, 0.5) is 25.1 Å². The number of hydrogen-bond donors (Lipinski definition) is 3. The topological polar surface area (TPSA) is 184 Å². The molecule has 0 radical (unpaired) electrons. The van der Waals surface area contributed by atoms with Crippen molar-refractivity contribution >= 4 is 56.9 Å². The predicted molar refractivity (Wildman–Crippen MR) is 220 cm³/mol. The largest absolute Gasteiger partial charge is 0.444 e. The molecule has 15 nitrogen and oxygen atoms in total. The second-order valence-electron chi connectivity index (χ2n) is 18.6. The highest BCUT2D eigenvalue weighted by Crippen LogP contribution is 2.57. The van der Waals surface area contributed by atoms with E-state index in [2.05, 4.69) is 15.6 Å². The molecule has 7 rings (SSSR count). The smallest absolute Gasteiger partial charge is 0.407 e. The van der Waals surface area contributed by atoms with Crippen LogP contribution in [0.25, 0.3) is 0 Å². The molecule has 1 aromatic heterocycles. The van der Waals surface area contributed by atoms with Gasteiger partial charge in [0.05, 0.1) is 24.5 Å². The predicted octanol–water partition coefficient (Wildman–Crippen LogP) is 4.13. The molecule has 60 heavy (non-hydrogen) atoms. The number of alkyl halides is 2. The Labute approximate surface area is 354 Å². The van der Waals surface area contributed by atoms with E-state index in [-0.39, 0.29) is 108 Å². The summed E-state index contributed by atoms with van der Waals surface area (Å²) in [4.78, 5) is 58.0. The first-order chi connectivity index (χ1) is 28.1. The third-order valence-electron chi connectivity index (χ3n) is 12.8. The number of carbonyl (C=O) groups is 4. The number of anilines is 2. The van der Waals surface area contributed by atoms with Crippen molar-refractivity contribution in [2.24, 2.45) is 17.1 Å². The molecular weight excluding hydrogens is 822 g/mol. The Morgan fingerprint density at radius 2 is 1.65 bits per heavy atom. The number of nitrogens with one attached hydrogen (secondary N) is 2. The van der Waals surface area contributed by atoms with Gasteiger partial charge in [-0.15, -0.1) is 0 Å². The number of sulfonamides is 1. The summed E-state index contributed by atoms with van der Waals surface area (Å²) in [7, 11) is -2.03. The fourth-order valence-corrected chi connectivity index (χ4v) is 11.2. The van der Waals surface area contributed by atoms with Gasteiger partial charge in [0, 0.05) is 74.2 Å². The van der Waals surface area contributed by atoms with Crippen LogP contribution in [-0.4, -0.2) is 123 Å². The van der Waals surface area contributed by atoms with Gasteiger partial charge in [-0.3, -0.25) is 14.4 Å². The first kappa shape index (κ1) is 43.9. The number of quaternary nitrogens is 1. The zero-order valence-electron chi connectivity index (χ0n) is 34.6. The highest BCUT2D eigenvalue weighted by Gasteiger charge is 2.62. The number of amides is 4. The third-order valence-corrected chi connectivity index (χ3v) is 14.9. The van der Waals surface area contributed by atoms with E-state index in [9.17, 15) is 27.6 Å². The molecule has 19 heteroatoms. The molecule has 4 amide bonds. The number of rotatable bonds is 11. The summed E-state index contributed by atoms with van der Waals surface area (Å²) in [6, 6.07) is 7.39. The lowest BCUT2D eigenvalue weighted by molar-refractivity contribution is -0.906. The molecule has 3 atom stereocenters. The van der Waals surface area contributed by atoms with Gasteiger partial charge in [0.15, 0.2) is 12.6 Å². The second-order valence-corrected chi connectivity index (χ2v) is 21.0. The highest BCUT2D eigenvalue weighted by atomic mass is 35.5. The minimum Gasteiger partial charge on any atom is -0.444 e. The van der Waals surface area contributed by atoms with E-state index < -0.39 is 51.5 Å². The molecular formula is C41H56ClF2N8O7S+. The highest BCUT2D eigenvalue weighted by molar-refractivity contribution is 7.89. The number of likely N-dealkylation sites (N-methyl/N-ethyl adjacent to an activating group) is 1. The standard InChI is InChI=1S/C41H55ClF2N8O7S/c1-39(2,3)59-38(56)47-29-21-36(54)51(23-29)30-9-11-31(12-10-30)60(57,58)50-17-15-49(16-18-50)35-20-27(19-33(42)48-35)41(43,44)26-5-7-28(8-6-26)46-37(55)32-22-40(13-14-40)25-52(32,4)24-34(45)53/h9-12,19-20,26,28-29,32H,5-8,13-18,21-25H2,1-4H3,(H3-,45,46,47,53,55,56)/p+1/t26-,28-,29-,32+,52?/m1/s1. The van der Waals surface area contributed by atoms with Gasteiger partial charge in [-0.05, 0) is 95.7 Å². The molecule has 5 fully saturated rings. The molecule has 1 aromatic carbocycles. The first-order valence-electron chi connectivity index (χ1n) is 20.7. The van der Waals surface area contributed by atoms with Gasteiger partial charge >= 0.3 is 6.09 Å². The van der Waals surface area contributed by atoms with Gasteiger partial charge in [-0.1, -0.05) is 11.6 Å². The Hall–Kier alpha value is -4.13. The minimum atomic E-state index is -3.93. The summed E-state index contributed by atoms with van der Waals surface area (Å²) in [6.45, 7) is 6.79. The van der Waals surface area contributed by atoms with Crippen LogP contribution in [0.5, 0.6) is 0 Å². The molecule has 2 aliphatic carbocycles. The molecule has 4 N–H and O–H groups in total. The summed E-state index contributed by atoms with van der Waals surface area (Å²) in [5, 5.41) is 5.73. The zero-order valence-corrected chi connectivity index (χ0v) is 36.2. The minimum absolute atomic E-state index is 0.0396. The zero-order chi connectivity index (χ0) is 43.4. The van der Waals surface area contributed by atoms with Crippen LogP contribution in [0.15, 0.2) is 41.3 Å². The average molecular weight is 878 g/mol. The second kappa shape index (κ2) is 16.3. The van der Waals surface area contributed by atoms with Gasteiger partial charge in [0.1, 0.15) is 16.6 Å². The molecule has 3 saturated heterocycles. The van der Waals surface area contributed by atoms with Crippen molar-refractivity contribution in [2.75, 3.05) is 62.7 Å². The Bertz CT molecular complexity index is 2100. The molecule has 1 unspecified atom stereocenters. The van der Waals surface area contributed by atoms with Crippen LogP contribution in [0.3, 0.4) is 0 Å². The number of alkyl carbamates (subject to hydrolysis) is 1. The molecule has 1 spiro atoms. The normalized spacial score (nSPS) is 27.2. The summed E-state index contributed by atoms with van der Waals surface area (Å²) in [6.07, 6.45) is 3.37. The van der Waals surface area contributed by atoms with E-state index in [4.69, 9.17) is 22.1 Å². The number of primary amides is 1.